The molecule has 1 aromatic rings. The summed E-state index contributed by atoms with van der Waals surface area (Å²) in [6.07, 6.45) is 4.51. The second-order valence-electron chi connectivity index (χ2n) is 6.68. The first-order valence-corrected chi connectivity index (χ1v) is 7.67. The fraction of sp³-hybridized carbons (Fsp3) is 0.588. The van der Waals surface area contributed by atoms with Crippen LogP contribution in [-0.4, -0.2) is 36.5 Å². The van der Waals surface area contributed by atoms with Gasteiger partial charge in [-0.15, -0.1) is 0 Å². The second-order valence-corrected chi connectivity index (χ2v) is 6.68. The van der Waals surface area contributed by atoms with Crippen LogP contribution in [0.15, 0.2) is 24.3 Å². The van der Waals surface area contributed by atoms with E-state index < -0.39 is 0 Å². The number of hydrogen-bond donors (Lipinski definition) is 1. The van der Waals surface area contributed by atoms with Crippen molar-refractivity contribution < 1.29 is 4.79 Å². The van der Waals surface area contributed by atoms with Crippen LogP contribution >= 0.6 is 0 Å². The summed E-state index contributed by atoms with van der Waals surface area (Å²) >= 11 is 0. The summed E-state index contributed by atoms with van der Waals surface area (Å²) < 4.78 is 0. The Hall–Kier alpha value is -1.35. The minimum Gasteiger partial charge on any atom is -0.347 e. The zero-order valence-electron chi connectivity index (χ0n) is 12.5. The molecular formula is C17H24N2O. The molecule has 20 heavy (non-hydrogen) atoms. The second kappa shape index (κ2) is 5.21. The molecule has 2 aliphatic rings. The van der Waals surface area contributed by atoms with E-state index >= 15 is 0 Å². The molecule has 0 radical (unpaired) electrons. The molecule has 1 aromatic carbocycles. The molecule has 0 bridgehead atoms. The molecule has 1 aliphatic carbocycles. The van der Waals surface area contributed by atoms with Gasteiger partial charge in [0.1, 0.15) is 0 Å². The van der Waals surface area contributed by atoms with Gasteiger partial charge in [0.25, 0.3) is 5.91 Å². The highest BCUT2D eigenvalue weighted by atomic mass is 16.1. The highest BCUT2D eigenvalue weighted by Gasteiger charge is 2.33. The number of benzene rings is 1. The number of carbonyl (C=O) groups excluding carboxylic acids is 1. The van der Waals surface area contributed by atoms with Crippen LogP contribution in [0.25, 0.3) is 0 Å². The van der Waals surface area contributed by atoms with E-state index in [2.05, 4.69) is 30.3 Å². The van der Waals surface area contributed by atoms with Gasteiger partial charge in [0.05, 0.1) is 0 Å². The topological polar surface area (TPSA) is 32.3 Å². The van der Waals surface area contributed by atoms with Gasteiger partial charge in [0, 0.05) is 24.2 Å². The lowest BCUT2D eigenvalue weighted by Gasteiger charge is -2.38. The SMILES string of the molecule is CN1CCC(C)(NC(=O)c2ccccc2C2CC2)CC1. The minimum atomic E-state index is -0.0553. The Kier molecular flexibility index (Phi) is 3.55. The summed E-state index contributed by atoms with van der Waals surface area (Å²) in [4.78, 5) is 15.0. The van der Waals surface area contributed by atoms with Crippen molar-refractivity contribution in [2.75, 3.05) is 20.1 Å². The normalized spacial score (nSPS) is 22.5. The van der Waals surface area contributed by atoms with Crippen LogP contribution in [0, 0.1) is 0 Å². The molecule has 3 heteroatoms. The summed E-state index contributed by atoms with van der Waals surface area (Å²) in [6.45, 7) is 4.29. The molecule has 1 saturated carbocycles. The predicted octanol–water partition coefficient (Wildman–Crippen LogP) is 2.78. The Morgan fingerprint density at radius 2 is 1.90 bits per heavy atom. The smallest absolute Gasteiger partial charge is 0.251 e. The van der Waals surface area contributed by atoms with Crippen molar-refractivity contribution in [2.45, 2.75) is 44.1 Å². The molecule has 1 aliphatic heterocycles. The van der Waals surface area contributed by atoms with Crippen molar-refractivity contribution in [1.29, 1.82) is 0 Å². The van der Waals surface area contributed by atoms with Gasteiger partial charge in [0.15, 0.2) is 0 Å². The summed E-state index contributed by atoms with van der Waals surface area (Å²) in [5, 5.41) is 3.29. The van der Waals surface area contributed by atoms with Crippen molar-refractivity contribution in [2.24, 2.45) is 0 Å². The Morgan fingerprint density at radius 1 is 1.25 bits per heavy atom. The number of piperidine rings is 1. The molecule has 0 aromatic heterocycles. The number of rotatable bonds is 3. The molecule has 1 heterocycles. The van der Waals surface area contributed by atoms with E-state index in [-0.39, 0.29) is 11.4 Å². The van der Waals surface area contributed by atoms with E-state index in [9.17, 15) is 4.79 Å². The summed E-state index contributed by atoms with van der Waals surface area (Å²) in [5.41, 5.74) is 2.07. The molecule has 0 atom stereocenters. The lowest BCUT2D eigenvalue weighted by Crippen LogP contribution is -2.52. The molecule has 108 valence electrons. The molecule has 1 amide bonds. The van der Waals surface area contributed by atoms with E-state index in [0.717, 1.165) is 31.5 Å². The molecule has 0 unspecified atom stereocenters. The number of nitrogens with one attached hydrogen (secondary N) is 1. The van der Waals surface area contributed by atoms with Crippen LogP contribution in [0.5, 0.6) is 0 Å². The molecule has 1 N–H and O–H groups in total. The summed E-state index contributed by atoms with van der Waals surface area (Å²) in [7, 11) is 2.14. The average molecular weight is 272 g/mol. The Balaban J connectivity index is 1.73. The van der Waals surface area contributed by atoms with Crippen LogP contribution in [0.1, 0.15) is 54.4 Å². The molecule has 3 rings (SSSR count). The van der Waals surface area contributed by atoms with Crippen LogP contribution in [-0.2, 0) is 0 Å². The highest BCUT2D eigenvalue weighted by Crippen LogP contribution is 2.41. The minimum absolute atomic E-state index is 0.0553. The quantitative estimate of drug-likeness (QED) is 0.917. The predicted molar refractivity (Wildman–Crippen MR) is 81.0 cm³/mol. The molecular weight excluding hydrogens is 248 g/mol. The molecule has 2 fully saturated rings. The van der Waals surface area contributed by atoms with Gasteiger partial charge >= 0.3 is 0 Å². The van der Waals surface area contributed by atoms with E-state index in [0.29, 0.717) is 5.92 Å². The standard InChI is InChI=1S/C17H24N2O/c1-17(9-11-19(2)12-10-17)18-16(20)15-6-4-3-5-14(15)13-7-8-13/h3-6,13H,7-12H2,1-2H3,(H,18,20). The first-order valence-electron chi connectivity index (χ1n) is 7.67. The van der Waals surface area contributed by atoms with Gasteiger partial charge in [-0.3, -0.25) is 4.79 Å². The summed E-state index contributed by atoms with van der Waals surface area (Å²) in [6, 6.07) is 8.10. The van der Waals surface area contributed by atoms with Crippen molar-refractivity contribution in [1.82, 2.24) is 10.2 Å². The van der Waals surface area contributed by atoms with Crippen molar-refractivity contribution in [3.8, 4) is 0 Å². The van der Waals surface area contributed by atoms with Gasteiger partial charge in [-0.25, -0.2) is 0 Å². The number of likely N-dealkylation sites (tertiary alicyclic amines) is 1. The van der Waals surface area contributed by atoms with Gasteiger partial charge in [0.2, 0.25) is 0 Å². The van der Waals surface area contributed by atoms with Gasteiger partial charge in [-0.2, -0.15) is 0 Å². The third-order valence-electron chi connectivity index (χ3n) is 4.73. The van der Waals surface area contributed by atoms with Gasteiger partial charge in [-0.05, 0) is 57.2 Å². The van der Waals surface area contributed by atoms with E-state index in [1.165, 1.54) is 18.4 Å². The van der Waals surface area contributed by atoms with Crippen LogP contribution in [0.4, 0.5) is 0 Å². The van der Waals surface area contributed by atoms with E-state index in [1.807, 2.05) is 18.2 Å². The third kappa shape index (κ3) is 2.88. The average Bonchev–Trinajstić information content (AvgIpc) is 3.27. The summed E-state index contributed by atoms with van der Waals surface area (Å²) in [5.74, 6) is 0.724. The van der Waals surface area contributed by atoms with Crippen LogP contribution < -0.4 is 5.32 Å². The first kappa shape index (κ1) is 13.6. The Morgan fingerprint density at radius 3 is 2.55 bits per heavy atom. The molecule has 3 nitrogen and oxygen atoms in total. The van der Waals surface area contributed by atoms with E-state index in [1.54, 1.807) is 0 Å². The van der Waals surface area contributed by atoms with Gasteiger partial charge in [-0.1, -0.05) is 18.2 Å². The third-order valence-corrected chi connectivity index (χ3v) is 4.73. The number of amides is 1. The van der Waals surface area contributed by atoms with Crippen LogP contribution in [0.2, 0.25) is 0 Å². The van der Waals surface area contributed by atoms with Gasteiger partial charge < -0.3 is 10.2 Å². The monoisotopic (exact) mass is 272 g/mol. The fourth-order valence-corrected chi connectivity index (χ4v) is 3.03. The fourth-order valence-electron chi connectivity index (χ4n) is 3.03. The first-order chi connectivity index (χ1) is 9.57. The zero-order chi connectivity index (χ0) is 14.2. The molecule has 0 spiro atoms. The Bertz CT molecular complexity index is 499. The van der Waals surface area contributed by atoms with Crippen molar-refractivity contribution in [3.05, 3.63) is 35.4 Å². The number of carbonyl (C=O) groups is 1. The number of hydrogen-bond acceptors (Lipinski definition) is 2. The van der Waals surface area contributed by atoms with Crippen LogP contribution in [0.3, 0.4) is 0 Å². The van der Waals surface area contributed by atoms with E-state index in [4.69, 9.17) is 0 Å². The lowest BCUT2D eigenvalue weighted by molar-refractivity contribution is 0.0851. The number of nitrogens with zero attached hydrogens (tertiary/aromatic N) is 1. The van der Waals surface area contributed by atoms with Crippen molar-refractivity contribution >= 4 is 5.91 Å². The lowest BCUT2D eigenvalue weighted by atomic mass is 9.89. The zero-order valence-corrected chi connectivity index (χ0v) is 12.5. The Labute approximate surface area is 121 Å². The maximum Gasteiger partial charge on any atom is 0.251 e. The highest BCUT2D eigenvalue weighted by molar-refractivity contribution is 5.96. The van der Waals surface area contributed by atoms with Crippen molar-refractivity contribution in [3.63, 3.8) is 0 Å². The largest absolute Gasteiger partial charge is 0.347 e. The maximum atomic E-state index is 12.6. The maximum absolute atomic E-state index is 12.6. The molecule has 1 saturated heterocycles.